The molecular weight excluding hydrogens is 462 g/mol. The fourth-order valence-electron chi connectivity index (χ4n) is 4.22. The SMILES string of the molecule is COc1ccc(C(c2ccc(OC)cc2)N2CCN(C(=O)[C@H](C)N(O)C(=O)OC(C)(C)C)CC2)cc1. The summed E-state index contributed by atoms with van der Waals surface area (Å²) >= 11 is 0. The number of carbonyl (C=O) groups excluding carboxylic acids is 2. The van der Waals surface area contributed by atoms with Crippen molar-refractivity contribution >= 4 is 12.0 Å². The summed E-state index contributed by atoms with van der Waals surface area (Å²) < 4.78 is 15.8. The van der Waals surface area contributed by atoms with E-state index in [1.165, 1.54) is 6.92 Å². The largest absolute Gasteiger partial charge is 0.497 e. The van der Waals surface area contributed by atoms with Crippen molar-refractivity contribution in [1.29, 1.82) is 0 Å². The summed E-state index contributed by atoms with van der Waals surface area (Å²) in [7, 11) is 3.28. The zero-order valence-electron chi connectivity index (χ0n) is 21.9. The van der Waals surface area contributed by atoms with Crippen molar-refractivity contribution in [2.75, 3.05) is 40.4 Å². The minimum Gasteiger partial charge on any atom is -0.497 e. The molecule has 0 saturated carbocycles. The molecule has 196 valence electrons. The third-order valence-electron chi connectivity index (χ3n) is 6.16. The van der Waals surface area contributed by atoms with Crippen LogP contribution in [0.2, 0.25) is 0 Å². The highest BCUT2D eigenvalue weighted by Gasteiger charge is 2.34. The molecule has 0 bridgehead atoms. The van der Waals surface area contributed by atoms with E-state index >= 15 is 0 Å². The van der Waals surface area contributed by atoms with Crippen LogP contribution in [0.1, 0.15) is 44.9 Å². The molecule has 0 spiro atoms. The van der Waals surface area contributed by atoms with E-state index in [9.17, 15) is 14.8 Å². The molecule has 1 fully saturated rings. The van der Waals surface area contributed by atoms with Crippen LogP contribution < -0.4 is 9.47 Å². The zero-order valence-corrected chi connectivity index (χ0v) is 21.9. The Morgan fingerprint density at radius 2 is 1.31 bits per heavy atom. The van der Waals surface area contributed by atoms with Crippen LogP contribution in [0.3, 0.4) is 0 Å². The molecule has 0 radical (unpaired) electrons. The van der Waals surface area contributed by atoms with Crippen molar-refractivity contribution in [2.24, 2.45) is 0 Å². The maximum atomic E-state index is 13.0. The maximum Gasteiger partial charge on any atom is 0.435 e. The maximum absolute atomic E-state index is 13.0. The lowest BCUT2D eigenvalue weighted by Crippen LogP contribution is -2.55. The summed E-state index contributed by atoms with van der Waals surface area (Å²) in [4.78, 5) is 29.2. The van der Waals surface area contributed by atoms with Crippen molar-refractivity contribution in [1.82, 2.24) is 14.9 Å². The predicted octanol–water partition coefficient (Wildman–Crippen LogP) is 3.95. The molecule has 1 atom stereocenters. The smallest absolute Gasteiger partial charge is 0.435 e. The molecular formula is C27H37N3O6. The highest BCUT2D eigenvalue weighted by molar-refractivity contribution is 5.85. The van der Waals surface area contributed by atoms with Gasteiger partial charge in [0.05, 0.1) is 20.3 Å². The summed E-state index contributed by atoms with van der Waals surface area (Å²) in [6, 6.07) is 14.9. The summed E-state index contributed by atoms with van der Waals surface area (Å²) in [6.45, 7) is 8.78. The van der Waals surface area contributed by atoms with Crippen molar-refractivity contribution < 1.29 is 29.0 Å². The summed E-state index contributed by atoms with van der Waals surface area (Å²) in [5.74, 6) is 1.25. The lowest BCUT2D eigenvalue weighted by molar-refractivity contribution is -0.158. The molecule has 9 heteroatoms. The van der Waals surface area contributed by atoms with Gasteiger partial charge in [-0.2, -0.15) is 5.06 Å². The van der Waals surface area contributed by atoms with Crippen LogP contribution in [0, 0.1) is 0 Å². The summed E-state index contributed by atoms with van der Waals surface area (Å²) in [5.41, 5.74) is 1.45. The predicted molar refractivity (Wildman–Crippen MR) is 135 cm³/mol. The van der Waals surface area contributed by atoms with Gasteiger partial charge in [-0.15, -0.1) is 0 Å². The number of ether oxygens (including phenoxy) is 3. The minimum absolute atomic E-state index is 0.0207. The molecule has 1 saturated heterocycles. The van der Waals surface area contributed by atoms with E-state index in [-0.39, 0.29) is 11.9 Å². The average molecular weight is 500 g/mol. The van der Waals surface area contributed by atoms with Gasteiger partial charge in [0, 0.05) is 26.2 Å². The second kappa shape index (κ2) is 11.6. The standard InChI is InChI=1S/C27H37N3O6/c1-19(30(33)26(32)36-27(2,3)4)25(31)29-17-15-28(16-18-29)24(20-7-11-22(34-5)12-8-20)21-9-13-23(35-6)14-10-21/h7-14,19,24,33H,15-18H2,1-6H3/t19-/m0/s1. The normalized spacial score (nSPS) is 15.4. The molecule has 1 N–H and O–H groups in total. The van der Waals surface area contributed by atoms with Crippen molar-refractivity contribution in [3.63, 3.8) is 0 Å². The molecule has 0 aliphatic carbocycles. The van der Waals surface area contributed by atoms with Gasteiger partial charge >= 0.3 is 6.09 Å². The van der Waals surface area contributed by atoms with Gasteiger partial charge < -0.3 is 19.1 Å². The lowest BCUT2D eigenvalue weighted by Gasteiger charge is -2.41. The minimum atomic E-state index is -1.05. The van der Waals surface area contributed by atoms with Gasteiger partial charge in [0.2, 0.25) is 5.91 Å². The van der Waals surface area contributed by atoms with Gasteiger partial charge in [0.15, 0.2) is 0 Å². The van der Waals surface area contributed by atoms with E-state index < -0.39 is 17.7 Å². The Morgan fingerprint density at radius 1 is 0.861 bits per heavy atom. The fourth-order valence-corrected chi connectivity index (χ4v) is 4.22. The number of amides is 2. The molecule has 9 nitrogen and oxygen atoms in total. The molecule has 1 aliphatic heterocycles. The summed E-state index contributed by atoms with van der Waals surface area (Å²) in [5, 5.41) is 10.6. The van der Waals surface area contributed by atoms with Crippen LogP contribution in [0.25, 0.3) is 0 Å². The topological polar surface area (TPSA) is 91.8 Å². The van der Waals surface area contributed by atoms with Gasteiger partial charge in [-0.25, -0.2) is 4.79 Å². The molecule has 0 unspecified atom stereocenters. The fraction of sp³-hybridized carbons (Fsp3) is 0.481. The highest BCUT2D eigenvalue weighted by Crippen LogP contribution is 2.32. The van der Waals surface area contributed by atoms with Crippen LogP contribution in [-0.4, -0.2) is 84.1 Å². The molecule has 1 heterocycles. The molecule has 3 rings (SSSR count). The van der Waals surface area contributed by atoms with E-state index in [1.54, 1.807) is 39.9 Å². The van der Waals surface area contributed by atoms with Crippen LogP contribution in [0.5, 0.6) is 11.5 Å². The lowest BCUT2D eigenvalue weighted by atomic mass is 9.96. The van der Waals surface area contributed by atoms with Crippen molar-refractivity contribution in [2.45, 2.75) is 45.4 Å². The molecule has 1 aliphatic rings. The van der Waals surface area contributed by atoms with Crippen LogP contribution in [0.4, 0.5) is 4.79 Å². The number of carbonyl (C=O) groups is 2. The third-order valence-corrected chi connectivity index (χ3v) is 6.16. The molecule has 36 heavy (non-hydrogen) atoms. The van der Waals surface area contributed by atoms with Gasteiger partial charge in [-0.1, -0.05) is 24.3 Å². The number of benzene rings is 2. The Hall–Kier alpha value is -3.30. The first-order chi connectivity index (χ1) is 17.0. The Labute approximate surface area is 213 Å². The van der Waals surface area contributed by atoms with E-state index in [4.69, 9.17) is 14.2 Å². The number of hydrogen-bond acceptors (Lipinski definition) is 7. The quantitative estimate of drug-likeness (QED) is 0.456. The first-order valence-corrected chi connectivity index (χ1v) is 12.1. The van der Waals surface area contributed by atoms with E-state index in [1.807, 2.05) is 24.3 Å². The molecule has 0 aromatic heterocycles. The Bertz CT molecular complexity index is 964. The van der Waals surface area contributed by atoms with Gasteiger partial charge in [-0.3, -0.25) is 14.9 Å². The molecule has 2 amide bonds. The van der Waals surface area contributed by atoms with Gasteiger partial charge in [0.25, 0.3) is 0 Å². The first-order valence-electron chi connectivity index (χ1n) is 12.1. The van der Waals surface area contributed by atoms with Crippen molar-refractivity contribution in [3.8, 4) is 11.5 Å². The summed E-state index contributed by atoms with van der Waals surface area (Å²) in [6.07, 6.45) is -0.943. The Morgan fingerprint density at radius 3 is 1.69 bits per heavy atom. The number of piperazine rings is 1. The number of hydroxylamine groups is 2. The Kier molecular flexibility index (Phi) is 8.81. The Balaban J connectivity index is 1.72. The van der Waals surface area contributed by atoms with Gasteiger partial charge in [0.1, 0.15) is 23.1 Å². The van der Waals surface area contributed by atoms with Crippen LogP contribution >= 0.6 is 0 Å². The van der Waals surface area contributed by atoms with E-state index in [0.29, 0.717) is 31.2 Å². The van der Waals surface area contributed by atoms with Crippen molar-refractivity contribution in [3.05, 3.63) is 59.7 Å². The van der Waals surface area contributed by atoms with E-state index in [2.05, 4.69) is 29.2 Å². The molecule has 2 aromatic rings. The average Bonchev–Trinajstić information content (AvgIpc) is 2.87. The highest BCUT2D eigenvalue weighted by atomic mass is 16.6. The molecule has 2 aromatic carbocycles. The third kappa shape index (κ3) is 6.67. The van der Waals surface area contributed by atoms with Crippen LogP contribution in [-0.2, 0) is 9.53 Å². The number of rotatable bonds is 7. The first kappa shape index (κ1) is 27.3. The number of hydrogen-bond donors (Lipinski definition) is 1. The second-order valence-corrected chi connectivity index (χ2v) is 9.81. The second-order valence-electron chi connectivity index (χ2n) is 9.81. The van der Waals surface area contributed by atoms with Gasteiger partial charge in [-0.05, 0) is 63.1 Å². The number of nitrogens with zero attached hydrogens (tertiary/aromatic N) is 3. The van der Waals surface area contributed by atoms with Crippen LogP contribution in [0.15, 0.2) is 48.5 Å². The van der Waals surface area contributed by atoms with E-state index in [0.717, 1.165) is 22.6 Å². The number of methoxy groups -OCH3 is 2. The zero-order chi connectivity index (χ0) is 26.5. The monoisotopic (exact) mass is 499 g/mol.